The Hall–Kier alpha value is -1.55. The first kappa shape index (κ1) is 16.5. The predicted octanol–water partition coefficient (Wildman–Crippen LogP) is 2.31. The lowest BCUT2D eigenvalue weighted by Gasteiger charge is -2.13. The van der Waals surface area contributed by atoms with Crippen LogP contribution in [0.2, 0.25) is 0 Å². The van der Waals surface area contributed by atoms with Crippen LogP contribution in [0.15, 0.2) is 17.1 Å². The lowest BCUT2D eigenvalue weighted by Crippen LogP contribution is -2.38. The molecule has 4 heteroatoms. The van der Waals surface area contributed by atoms with E-state index in [0.29, 0.717) is 13.2 Å². The first-order valence-corrected chi connectivity index (χ1v) is 7.16. The lowest BCUT2D eigenvalue weighted by atomic mass is 10.00. The first-order chi connectivity index (χ1) is 9.58. The van der Waals surface area contributed by atoms with Crippen LogP contribution in [-0.2, 0) is 11.3 Å². The van der Waals surface area contributed by atoms with Gasteiger partial charge in [-0.15, -0.1) is 0 Å². The summed E-state index contributed by atoms with van der Waals surface area (Å²) in [4.78, 5) is 4.65. The minimum absolute atomic E-state index is 0.674. The highest BCUT2D eigenvalue weighted by Gasteiger charge is 2.04. The molecular weight excluding hydrogens is 250 g/mol. The highest BCUT2D eigenvalue weighted by molar-refractivity contribution is 5.79. The maximum Gasteiger partial charge on any atom is 0.191 e. The Morgan fingerprint density at radius 3 is 2.35 bits per heavy atom. The zero-order chi connectivity index (χ0) is 15.0. The smallest absolute Gasteiger partial charge is 0.191 e. The van der Waals surface area contributed by atoms with E-state index < -0.39 is 0 Å². The number of nitrogens with one attached hydrogen (secondary N) is 2. The molecule has 0 saturated carbocycles. The zero-order valence-corrected chi connectivity index (χ0v) is 13.3. The van der Waals surface area contributed by atoms with Crippen molar-refractivity contribution in [1.82, 2.24) is 10.6 Å². The number of ether oxygens (including phenoxy) is 1. The number of rotatable bonds is 6. The van der Waals surface area contributed by atoms with Crippen LogP contribution in [0.1, 0.15) is 29.2 Å². The predicted molar refractivity (Wildman–Crippen MR) is 85.3 cm³/mol. The van der Waals surface area contributed by atoms with E-state index in [9.17, 15) is 0 Å². The molecule has 2 N–H and O–H groups in total. The average molecular weight is 277 g/mol. The minimum atomic E-state index is 0.674. The van der Waals surface area contributed by atoms with E-state index in [2.05, 4.69) is 55.5 Å². The second kappa shape index (κ2) is 8.59. The molecular formula is C16H27N3O. The summed E-state index contributed by atoms with van der Waals surface area (Å²) in [5.74, 6) is 0.837. The summed E-state index contributed by atoms with van der Waals surface area (Å²) in [6.07, 6.45) is 0. The summed E-state index contributed by atoms with van der Waals surface area (Å²) in [7, 11) is 1.70. The van der Waals surface area contributed by atoms with Gasteiger partial charge in [0.2, 0.25) is 0 Å². The van der Waals surface area contributed by atoms with Crippen LogP contribution >= 0.6 is 0 Å². The molecule has 1 rings (SSSR count). The van der Waals surface area contributed by atoms with Crippen LogP contribution in [0.25, 0.3) is 0 Å². The quantitative estimate of drug-likeness (QED) is 0.476. The number of guanidine groups is 1. The average Bonchev–Trinajstić information content (AvgIpc) is 2.37. The van der Waals surface area contributed by atoms with Crippen LogP contribution in [0, 0.1) is 20.8 Å². The molecule has 0 heterocycles. The van der Waals surface area contributed by atoms with Crippen molar-refractivity contribution in [3.05, 3.63) is 34.4 Å². The Morgan fingerprint density at radius 1 is 1.15 bits per heavy atom. The molecule has 0 atom stereocenters. The normalized spacial score (nSPS) is 11.6. The number of benzene rings is 1. The van der Waals surface area contributed by atoms with Gasteiger partial charge >= 0.3 is 0 Å². The van der Waals surface area contributed by atoms with Gasteiger partial charge in [-0.2, -0.15) is 0 Å². The van der Waals surface area contributed by atoms with Gasteiger partial charge in [0.25, 0.3) is 0 Å². The topological polar surface area (TPSA) is 45.7 Å². The largest absolute Gasteiger partial charge is 0.383 e. The molecule has 0 aromatic heterocycles. The van der Waals surface area contributed by atoms with Gasteiger partial charge in [-0.1, -0.05) is 17.7 Å². The van der Waals surface area contributed by atoms with Gasteiger partial charge < -0.3 is 15.4 Å². The standard InChI is InChI=1S/C16H27N3O/c1-6-17-16(18-7-8-20-5)19-11-15-13(3)9-12(2)10-14(15)4/h9-10H,6-8,11H2,1-5H3,(H2,17,18,19). The maximum atomic E-state index is 5.04. The van der Waals surface area contributed by atoms with E-state index in [4.69, 9.17) is 4.74 Å². The number of nitrogens with zero attached hydrogens (tertiary/aromatic N) is 1. The number of hydrogen-bond acceptors (Lipinski definition) is 2. The third-order valence-corrected chi connectivity index (χ3v) is 3.18. The van der Waals surface area contributed by atoms with Crippen molar-refractivity contribution in [3.8, 4) is 0 Å². The molecule has 0 spiro atoms. The zero-order valence-electron chi connectivity index (χ0n) is 13.3. The molecule has 0 unspecified atom stereocenters. The molecule has 4 nitrogen and oxygen atoms in total. The molecule has 0 radical (unpaired) electrons. The van der Waals surface area contributed by atoms with Crippen molar-refractivity contribution >= 4 is 5.96 Å². The molecule has 0 fully saturated rings. The van der Waals surface area contributed by atoms with E-state index >= 15 is 0 Å². The van der Waals surface area contributed by atoms with E-state index in [-0.39, 0.29) is 0 Å². The minimum Gasteiger partial charge on any atom is -0.383 e. The number of aryl methyl sites for hydroxylation is 3. The molecule has 0 bridgehead atoms. The summed E-state index contributed by atoms with van der Waals surface area (Å²) in [5.41, 5.74) is 5.22. The van der Waals surface area contributed by atoms with E-state index in [1.54, 1.807) is 7.11 Å². The fraction of sp³-hybridized carbons (Fsp3) is 0.562. The van der Waals surface area contributed by atoms with Gasteiger partial charge in [0.05, 0.1) is 13.2 Å². The molecule has 0 saturated heterocycles. The molecule has 1 aromatic carbocycles. The van der Waals surface area contributed by atoms with Crippen LogP contribution < -0.4 is 10.6 Å². The summed E-state index contributed by atoms with van der Waals surface area (Å²) < 4.78 is 5.04. The van der Waals surface area contributed by atoms with Crippen molar-refractivity contribution in [1.29, 1.82) is 0 Å². The van der Waals surface area contributed by atoms with Crippen molar-refractivity contribution in [3.63, 3.8) is 0 Å². The highest BCUT2D eigenvalue weighted by atomic mass is 16.5. The van der Waals surface area contributed by atoms with Crippen molar-refractivity contribution in [2.45, 2.75) is 34.2 Å². The summed E-state index contributed by atoms with van der Waals surface area (Å²) in [6.45, 7) is 11.5. The first-order valence-electron chi connectivity index (χ1n) is 7.16. The van der Waals surface area contributed by atoms with Crippen LogP contribution in [0.4, 0.5) is 0 Å². The van der Waals surface area contributed by atoms with Gasteiger partial charge in [0, 0.05) is 20.2 Å². The number of hydrogen-bond donors (Lipinski definition) is 2. The van der Waals surface area contributed by atoms with Gasteiger partial charge in [-0.25, -0.2) is 4.99 Å². The van der Waals surface area contributed by atoms with Crippen LogP contribution in [-0.4, -0.2) is 32.8 Å². The molecule has 0 aliphatic heterocycles. The number of aliphatic imine (C=N–C) groups is 1. The Bertz CT molecular complexity index is 432. The molecule has 112 valence electrons. The summed E-state index contributed by atoms with van der Waals surface area (Å²) in [5, 5.41) is 6.50. The molecule has 0 aliphatic carbocycles. The second-order valence-corrected chi connectivity index (χ2v) is 4.99. The fourth-order valence-electron chi connectivity index (χ4n) is 2.23. The van der Waals surface area contributed by atoms with Gasteiger partial charge in [0.15, 0.2) is 5.96 Å². The Morgan fingerprint density at radius 2 is 1.80 bits per heavy atom. The summed E-state index contributed by atoms with van der Waals surface area (Å²) >= 11 is 0. The third kappa shape index (κ3) is 5.21. The lowest BCUT2D eigenvalue weighted by molar-refractivity contribution is 0.203. The monoisotopic (exact) mass is 277 g/mol. The Balaban J connectivity index is 2.76. The van der Waals surface area contributed by atoms with Crippen molar-refractivity contribution in [2.24, 2.45) is 4.99 Å². The van der Waals surface area contributed by atoms with E-state index in [0.717, 1.165) is 19.0 Å². The molecule has 0 aliphatic rings. The Kier molecular flexibility index (Phi) is 7.09. The summed E-state index contributed by atoms with van der Waals surface area (Å²) in [6, 6.07) is 4.42. The van der Waals surface area contributed by atoms with Gasteiger partial charge in [-0.3, -0.25) is 0 Å². The molecule has 0 amide bonds. The molecule has 1 aromatic rings. The van der Waals surface area contributed by atoms with Crippen molar-refractivity contribution < 1.29 is 4.74 Å². The maximum absolute atomic E-state index is 5.04. The van der Waals surface area contributed by atoms with Crippen LogP contribution in [0.5, 0.6) is 0 Å². The second-order valence-electron chi connectivity index (χ2n) is 4.99. The fourth-order valence-corrected chi connectivity index (χ4v) is 2.23. The van der Waals surface area contributed by atoms with E-state index in [1.165, 1.54) is 22.3 Å². The highest BCUT2D eigenvalue weighted by Crippen LogP contribution is 2.17. The van der Waals surface area contributed by atoms with Crippen LogP contribution in [0.3, 0.4) is 0 Å². The van der Waals surface area contributed by atoms with E-state index in [1.807, 2.05) is 0 Å². The van der Waals surface area contributed by atoms with Gasteiger partial charge in [0.1, 0.15) is 0 Å². The van der Waals surface area contributed by atoms with Crippen molar-refractivity contribution in [2.75, 3.05) is 26.8 Å². The van der Waals surface area contributed by atoms with Gasteiger partial charge in [-0.05, 0) is 44.4 Å². The molecule has 20 heavy (non-hydrogen) atoms. The third-order valence-electron chi connectivity index (χ3n) is 3.18. The number of methoxy groups -OCH3 is 1. The SMILES string of the molecule is CCNC(=NCc1c(C)cc(C)cc1C)NCCOC. The Labute approximate surface area is 122 Å².